The SMILES string of the molecule is COCCOC(=O)c1c(C)[nH]c(C(=O)Nc2ccccc2NC(=O)c2ccccc2)c1C. The van der Waals surface area contributed by atoms with Gasteiger partial charge in [-0.1, -0.05) is 30.3 Å². The summed E-state index contributed by atoms with van der Waals surface area (Å²) in [4.78, 5) is 40.8. The first-order valence-corrected chi connectivity index (χ1v) is 10.0. The highest BCUT2D eigenvalue weighted by molar-refractivity contribution is 6.10. The van der Waals surface area contributed by atoms with Gasteiger partial charge < -0.3 is 25.1 Å². The van der Waals surface area contributed by atoms with E-state index in [1.54, 1.807) is 62.4 Å². The highest BCUT2D eigenvalue weighted by Gasteiger charge is 2.23. The van der Waals surface area contributed by atoms with Crippen LogP contribution in [0.25, 0.3) is 0 Å². The molecule has 0 spiro atoms. The van der Waals surface area contributed by atoms with Crippen LogP contribution in [0.2, 0.25) is 0 Å². The van der Waals surface area contributed by atoms with Crippen molar-refractivity contribution in [2.24, 2.45) is 0 Å². The molecule has 0 saturated heterocycles. The Morgan fingerprint density at radius 3 is 2.06 bits per heavy atom. The number of methoxy groups -OCH3 is 1. The Bertz CT molecular complexity index is 1120. The molecule has 0 bridgehead atoms. The number of benzene rings is 2. The Labute approximate surface area is 185 Å². The van der Waals surface area contributed by atoms with E-state index < -0.39 is 11.9 Å². The number of anilines is 2. The molecule has 1 aromatic heterocycles. The van der Waals surface area contributed by atoms with Gasteiger partial charge in [-0.25, -0.2) is 4.79 Å². The third kappa shape index (κ3) is 5.22. The number of amides is 2. The van der Waals surface area contributed by atoms with E-state index in [1.165, 1.54) is 7.11 Å². The third-order valence-corrected chi connectivity index (χ3v) is 4.85. The molecule has 166 valence electrons. The molecule has 8 nitrogen and oxygen atoms in total. The lowest BCUT2D eigenvalue weighted by Crippen LogP contribution is -2.18. The summed E-state index contributed by atoms with van der Waals surface area (Å²) in [6, 6.07) is 15.7. The zero-order valence-corrected chi connectivity index (χ0v) is 18.2. The first-order valence-electron chi connectivity index (χ1n) is 10.0. The molecule has 0 aliphatic carbocycles. The molecule has 8 heteroatoms. The Kier molecular flexibility index (Phi) is 7.41. The van der Waals surface area contributed by atoms with E-state index in [9.17, 15) is 14.4 Å². The Morgan fingerprint density at radius 1 is 0.844 bits per heavy atom. The van der Waals surface area contributed by atoms with Gasteiger partial charge in [-0.15, -0.1) is 0 Å². The monoisotopic (exact) mass is 435 g/mol. The summed E-state index contributed by atoms with van der Waals surface area (Å²) in [5.41, 5.74) is 2.95. The number of rotatable bonds is 8. The summed E-state index contributed by atoms with van der Waals surface area (Å²) in [6.07, 6.45) is 0. The van der Waals surface area contributed by atoms with Crippen molar-refractivity contribution >= 4 is 29.2 Å². The lowest BCUT2D eigenvalue weighted by atomic mass is 10.1. The largest absolute Gasteiger partial charge is 0.460 e. The minimum absolute atomic E-state index is 0.120. The molecule has 3 rings (SSSR count). The fraction of sp³-hybridized carbons (Fsp3) is 0.208. The quantitative estimate of drug-likeness (QED) is 0.367. The highest BCUT2D eigenvalue weighted by atomic mass is 16.6. The molecule has 0 unspecified atom stereocenters. The number of carbonyl (C=O) groups excluding carboxylic acids is 3. The summed E-state index contributed by atoms with van der Waals surface area (Å²) in [6.45, 7) is 3.78. The number of carbonyl (C=O) groups is 3. The average Bonchev–Trinajstić information content (AvgIpc) is 3.09. The van der Waals surface area contributed by atoms with Gasteiger partial charge in [0, 0.05) is 18.4 Å². The number of nitrogens with one attached hydrogen (secondary N) is 3. The van der Waals surface area contributed by atoms with Crippen LogP contribution in [0.15, 0.2) is 54.6 Å². The molecule has 1 heterocycles. The second kappa shape index (κ2) is 10.4. The topological polar surface area (TPSA) is 110 Å². The molecular formula is C24H25N3O5. The van der Waals surface area contributed by atoms with Gasteiger partial charge in [0.05, 0.1) is 23.5 Å². The van der Waals surface area contributed by atoms with Crippen molar-refractivity contribution in [3.8, 4) is 0 Å². The van der Waals surface area contributed by atoms with Gasteiger partial charge in [0.1, 0.15) is 12.3 Å². The van der Waals surface area contributed by atoms with Crippen LogP contribution in [0.5, 0.6) is 0 Å². The molecule has 2 amide bonds. The molecule has 0 atom stereocenters. The van der Waals surface area contributed by atoms with Crippen LogP contribution >= 0.6 is 0 Å². The number of para-hydroxylation sites is 2. The Balaban J connectivity index is 1.78. The van der Waals surface area contributed by atoms with Gasteiger partial charge in [-0.2, -0.15) is 0 Å². The van der Waals surface area contributed by atoms with Crippen molar-refractivity contribution in [3.63, 3.8) is 0 Å². The van der Waals surface area contributed by atoms with Gasteiger partial charge in [0.2, 0.25) is 0 Å². The zero-order chi connectivity index (χ0) is 23.1. The van der Waals surface area contributed by atoms with E-state index in [4.69, 9.17) is 9.47 Å². The van der Waals surface area contributed by atoms with E-state index in [0.717, 1.165) is 0 Å². The molecule has 0 saturated carbocycles. The van der Waals surface area contributed by atoms with E-state index in [0.29, 0.717) is 33.8 Å². The van der Waals surface area contributed by atoms with Gasteiger partial charge in [0.25, 0.3) is 11.8 Å². The van der Waals surface area contributed by atoms with Crippen molar-refractivity contribution in [1.29, 1.82) is 0 Å². The van der Waals surface area contributed by atoms with E-state index in [2.05, 4.69) is 15.6 Å². The number of aryl methyl sites for hydroxylation is 1. The molecule has 0 aliphatic heterocycles. The Hall–Kier alpha value is -3.91. The van der Waals surface area contributed by atoms with Crippen molar-refractivity contribution in [2.75, 3.05) is 31.0 Å². The van der Waals surface area contributed by atoms with Crippen LogP contribution in [0.1, 0.15) is 42.5 Å². The minimum Gasteiger partial charge on any atom is -0.460 e. The van der Waals surface area contributed by atoms with Gasteiger partial charge in [-0.05, 0) is 43.7 Å². The number of aromatic amines is 1. The first kappa shape index (κ1) is 22.8. The van der Waals surface area contributed by atoms with Crippen molar-refractivity contribution in [1.82, 2.24) is 4.98 Å². The lowest BCUT2D eigenvalue weighted by Gasteiger charge is -2.12. The average molecular weight is 435 g/mol. The van der Waals surface area contributed by atoms with Gasteiger partial charge in [0.15, 0.2) is 0 Å². The van der Waals surface area contributed by atoms with E-state index in [-0.39, 0.29) is 24.8 Å². The normalized spacial score (nSPS) is 10.5. The number of esters is 1. The van der Waals surface area contributed by atoms with Crippen LogP contribution in [0.4, 0.5) is 11.4 Å². The predicted octanol–water partition coefficient (Wildman–Crippen LogP) is 3.94. The fourth-order valence-electron chi connectivity index (χ4n) is 3.24. The van der Waals surface area contributed by atoms with Crippen LogP contribution in [0.3, 0.4) is 0 Å². The second-order valence-electron chi connectivity index (χ2n) is 7.07. The van der Waals surface area contributed by atoms with E-state index in [1.807, 2.05) is 6.07 Å². The zero-order valence-electron chi connectivity index (χ0n) is 18.2. The van der Waals surface area contributed by atoms with Crippen LogP contribution in [-0.2, 0) is 9.47 Å². The molecule has 0 radical (unpaired) electrons. The fourth-order valence-corrected chi connectivity index (χ4v) is 3.24. The maximum Gasteiger partial charge on any atom is 0.340 e. The van der Waals surface area contributed by atoms with Crippen molar-refractivity contribution < 1.29 is 23.9 Å². The maximum atomic E-state index is 13.0. The molecule has 3 N–H and O–H groups in total. The summed E-state index contributed by atoms with van der Waals surface area (Å²) in [7, 11) is 1.52. The number of hydrogen-bond donors (Lipinski definition) is 3. The van der Waals surface area contributed by atoms with Gasteiger partial charge in [-0.3, -0.25) is 9.59 Å². The minimum atomic E-state index is -0.525. The van der Waals surface area contributed by atoms with Gasteiger partial charge >= 0.3 is 5.97 Å². The number of hydrogen-bond acceptors (Lipinski definition) is 5. The van der Waals surface area contributed by atoms with Crippen LogP contribution in [0, 0.1) is 13.8 Å². The van der Waals surface area contributed by atoms with Crippen LogP contribution in [-0.4, -0.2) is 43.1 Å². The molecule has 2 aromatic carbocycles. The Morgan fingerprint density at radius 2 is 1.44 bits per heavy atom. The van der Waals surface area contributed by atoms with E-state index >= 15 is 0 Å². The second-order valence-corrected chi connectivity index (χ2v) is 7.07. The third-order valence-electron chi connectivity index (χ3n) is 4.85. The summed E-state index contributed by atoms with van der Waals surface area (Å²) in [5.74, 6) is -1.26. The van der Waals surface area contributed by atoms with Crippen molar-refractivity contribution in [3.05, 3.63) is 82.7 Å². The summed E-state index contributed by atoms with van der Waals surface area (Å²) < 4.78 is 10.1. The molecule has 0 fully saturated rings. The predicted molar refractivity (Wildman–Crippen MR) is 121 cm³/mol. The first-order chi connectivity index (χ1) is 15.4. The number of ether oxygens (including phenoxy) is 2. The number of H-pyrrole nitrogens is 1. The smallest absolute Gasteiger partial charge is 0.340 e. The number of aromatic nitrogens is 1. The maximum absolute atomic E-state index is 13.0. The molecule has 32 heavy (non-hydrogen) atoms. The molecule has 3 aromatic rings. The summed E-state index contributed by atoms with van der Waals surface area (Å²) in [5, 5.41) is 5.61. The van der Waals surface area contributed by atoms with Crippen LogP contribution < -0.4 is 10.6 Å². The molecular weight excluding hydrogens is 410 g/mol. The lowest BCUT2D eigenvalue weighted by molar-refractivity contribution is 0.0386. The summed E-state index contributed by atoms with van der Waals surface area (Å²) >= 11 is 0. The highest BCUT2D eigenvalue weighted by Crippen LogP contribution is 2.25. The standard InChI is InChI=1S/C24H25N3O5/c1-15-20(24(30)32-14-13-31-3)16(2)25-21(15)23(29)27-19-12-8-7-11-18(19)26-22(28)17-9-5-4-6-10-17/h4-12,25H,13-14H2,1-3H3,(H,26,28)(H,27,29). The molecule has 0 aliphatic rings. The van der Waals surface area contributed by atoms with Crippen molar-refractivity contribution in [2.45, 2.75) is 13.8 Å².